The second kappa shape index (κ2) is 7.23. The van der Waals surface area contributed by atoms with Crippen LogP contribution < -0.4 is 5.73 Å². The number of carbonyl (C=O) groups excluding carboxylic acids is 1. The number of carboxylic acid groups (broad SMARTS) is 1. The minimum absolute atomic E-state index is 0.00580. The van der Waals surface area contributed by atoms with E-state index in [1.807, 2.05) is 13.8 Å². The van der Waals surface area contributed by atoms with Gasteiger partial charge in [-0.3, -0.25) is 9.59 Å². The Hall–Kier alpha value is -1.10. The van der Waals surface area contributed by atoms with Gasteiger partial charge in [0, 0.05) is 6.42 Å². The third kappa shape index (κ3) is 6.06. The molecule has 0 fully saturated rings. The third-order valence-electron chi connectivity index (χ3n) is 2.31. The quantitative estimate of drug-likeness (QED) is 0.485. The van der Waals surface area contributed by atoms with E-state index in [0.717, 1.165) is 6.42 Å². The lowest BCUT2D eigenvalue weighted by Gasteiger charge is -2.16. The molecular formula is C10H19NO4. The van der Waals surface area contributed by atoms with E-state index in [1.165, 1.54) is 0 Å². The van der Waals surface area contributed by atoms with E-state index in [9.17, 15) is 9.59 Å². The molecule has 2 atom stereocenters. The first-order valence-electron chi connectivity index (χ1n) is 5.13. The van der Waals surface area contributed by atoms with E-state index in [-0.39, 0.29) is 18.9 Å². The Morgan fingerprint density at radius 1 is 1.47 bits per heavy atom. The van der Waals surface area contributed by atoms with Crippen LogP contribution in [0.15, 0.2) is 0 Å². The zero-order valence-corrected chi connectivity index (χ0v) is 9.23. The Morgan fingerprint density at radius 2 is 2.07 bits per heavy atom. The maximum Gasteiger partial charge on any atom is 0.323 e. The van der Waals surface area contributed by atoms with Crippen molar-refractivity contribution in [1.82, 2.24) is 0 Å². The Kier molecular flexibility index (Phi) is 6.70. The van der Waals surface area contributed by atoms with E-state index < -0.39 is 18.0 Å². The summed E-state index contributed by atoms with van der Waals surface area (Å²) in [5.41, 5.74) is 5.62. The summed E-state index contributed by atoms with van der Waals surface area (Å²) >= 11 is 0. The molecule has 0 radical (unpaired) electrons. The first-order chi connectivity index (χ1) is 6.99. The average Bonchev–Trinajstić information content (AvgIpc) is 2.21. The molecule has 0 amide bonds. The molecular weight excluding hydrogens is 198 g/mol. The second-order valence-electron chi connectivity index (χ2n) is 3.58. The van der Waals surface area contributed by atoms with Gasteiger partial charge in [-0.15, -0.1) is 0 Å². The summed E-state index contributed by atoms with van der Waals surface area (Å²) in [6.45, 7) is 3.95. The first-order valence-corrected chi connectivity index (χ1v) is 5.13. The van der Waals surface area contributed by atoms with Gasteiger partial charge in [0.2, 0.25) is 0 Å². The van der Waals surface area contributed by atoms with E-state index >= 15 is 0 Å². The van der Waals surface area contributed by atoms with Crippen molar-refractivity contribution in [3.8, 4) is 0 Å². The van der Waals surface area contributed by atoms with Crippen LogP contribution in [-0.4, -0.2) is 29.7 Å². The van der Waals surface area contributed by atoms with Gasteiger partial charge in [0.25, 0.3) is 0 Å². The van der Waals surface area contributed by atoms with Crippen LogP contribution in [0.5, 0.6) is 0 Å². The van der Waals surface area contributed by atoms with Crippen molar-refractivity contribution in [2.24, 2.45) is 11.7 Å². The van der Waals surface area contributed by atoms with Crippen LogP contribution in [0, 0.1) is 5.92 Å². The highest BCUT2D eigenvalue weighted by molar-refractivity contribution is 5.75. The molecule has 0 aliphatic rings. The second-order valence-corrected chi connectivity index (χ2v) is 3.58. The average molecular weight is 217 g/mol. The van der Waals surface area contributed by atoms with Gasteiger partial charge in [-0.1, -0.05) is 20.3 Å². The number of rotatable bonds is 7. The number of hydrogen-bond donors (Lipinski definition) is 2. The summed E-state index contributed by atoms with van der Waals surface area (Å²) in [6, 6.07) is -0.611. The van der Waals surface area contributed by atoms with Crippen LogP contribution in [0.1, 0.15) is 33.1 Å². The third-order valence-corrected chi connectivity index (χ3v) is 2.31. The number of aliphatic carboxylic acids is 1. The topological polar surface area (TPSA) is 89.6 Å². The monoisotopic (exact) mass is 217 g/mol. The predicted molar refractivity (Wildman–Crippen MR) is 55.3 cm³/mol. The van der Waals surface area contributed by atoms with Crippen LogP contribution in [-0.2, 0) is 14.3 Å². The molecule has 0 saturated carbocycles. The standard InChI is InChI=1S/C10H19NO4/c1-3-7(2)9(11)10(14)15-6-4-5-8(12)13/h7,9H,3-6,11H2,1-2H3,(H,12,13). The van der Waals surface area contributed by atoms with Crippen molar-refractivity contribution < 1.29 is 19.4 Å². The van der Waals surface area contributed by atoms with Crippen LogP contribution in [0.2, 0.25) is 0 Å². The minimum atomic E-state index is -0.891. The van der Waals surface area contributed by atoms with Gasteiger partial charge in [0.05, 0.1) is 6.61 Å². The molecule has 5 heteroatoms. The fourth-order valence-electron chi connectivity index (χ4n) is 0.979. The molecule has 3 N–H and O–H groups in total. The molecule has 15 heavy (non-hydrogen) atoms. The Balaban J connectivity index is 3.69. The molecule has 0 rings (SSSR count). The Bertz CT molecular complexity index is 217. The molecule has 0 heterocycles. The zero-order valence-electron chi connectivity index (χ0n) is 9.23. The van der Waals surface area contributed by atoms with E-state index in [1.54, 1.807) is 0 Å². The Labute approximate surface area is 89.6 Å². The van der Waals surface area contributed by atoms with Gasteiger partial charge >= 0.3 is 11.9 Å². The molecule has 5 nitrogen and oxygen atoms in total. The van der Waals surface area contributed by atoms with Crippen LogP contribution >= 0.6 is 0 Å². The fourth-order valence-corrected chi connectivity index (χ4v) is 0.979. The number of nitrogens with two attached hydrogens (primary N) is 1. The molecule has 0 aromatic heterocycles. The van der Waals surface area contributed by atoms with Gasteiger partial charge < -0.3 is 15.6 Å². The molecule has 0 bridgehead atoms. The van der Waals surface area contributed by atoms with Crippen molar-refractivity contribution in [3.05, 3.63) is 0 Å². The van der Waals surface area contributed by atoms with Gasteiger partial charge in [0.1, 0.15) is 6.04 Å². The van der Waals surface area contributed by atoms with Crippen LogP contribution in [0.3, 0.4) is 0 Å². The summed E-state index contributed by atoms with van der Waals surface area (Å²) in [7, 11) is 0. The molecule has 0 aromatic carbocycles. The molecule has 0 aliphatic carbocycles. The first kappa shape index (κ1) is 13.9. The van der Waals surface area contributed by atoms with Crippen molar-refractivity contribution in [2.75, 3.05) is 6.61 Å². The van der Waals surface area contributed by atoms with Gasteiger partial charge in [-0.05, 0) is 12.3 Å². The van der Waals surface area contributed by atoms with E-state index in [2.05, 4.69) is 0 Å². The number of carboxylic acids is 1. The predicted octanol–water partition coefficient (Wildman–Crippen LogP) is 0.768. The van der Waals surface area contributed by atoms with Gasteiger partial charge in [0.15, 0.2) is 0 Å². The summed E-state index contributed by atoms with van der Waals surface area (Å²) in [5, 5.41) is 8.35. The lowest BCUT2D eigenvalue weighted by atomic mass is 10.0. The highest BCUT2D eigenvalue weighted by Gasteiger charge is 2.20. The highest BCUT2D eigenvalue weighted by atomic mass is 16.5. The van der Waals surface area contributed by atoms with Gasteiger partial charge in [-0.2, -0.15) is 0 Å². The maximum absolute atomic E-state index is 11.3. The van der Waals surface area contributed by atoms with E-state index in [4.69, 9.17) is 15.6 Å². The largest absolute Gasteiger partial charge is 0.481 e. The lowest BCUT2D eigenvalue weighted by molar-refractivity contribution is -0.147. The molecule has 2 unspecified atom stereocenters. The number of ether oxygens (including phenoxy) is 1. The molecule has 0 aromatic rings. The normalized spacial score (nSPS) is 14.3. The van der Waals surface area contributed by atoms with Crippen molar-refractivity contribution in [2.45, 2.75) is 39.2 Å². The number of esters is 1. The summed E-state index contributed by atoms with van der Waals surface area (Å²) in [5.74, 6) is -1.26. The minimum Gasteiger partial charge on any atom is -0.481 e. The zero-order chi connectivity index (χ0) is 11.8. The van der Waals surface area contributed by atoms with Crippen molar-refractivity contribution >= 4 is 11.9 Å². The van der Waals surface area contributed by atoms with Gasteiger partial charge in [-0.25, -0.2) is 0 Å². The van der Waals surface area contributed by atoms with Crippen molar-refractivity contribution in [1.29, 1.82) is 0 Å². The van der Waals surface area contributed by atoms with Crippen LogP contribution in [0.25, 0.3) is 0 Å². The fraction of sp³-hybridized carbons (Fsp3) is 0.800. The molecule has 0 saturated heterocycles. The van der Waals surface area contributed by atoms with E-state index in [0.29, 0.717) is 6.42 Å². The molecule has 0 aliphatic heterocycles. The summed E-state index contributed by atoms with van der Waals surface area (Å²) in [6.07, 6.45) is 1.14. The number of hydrogen-bond acceptors (Lipinski definition) is 4. The Morgan fingerprint density at radius 3 is 2.53 bits per heavy atom. The lowest BCUT2D eigenvalue weighted by Crippen LogP contribution is -2.38. The summed E-state index contributed by atoms with van der Waals surface area (Å²) < 4.78 is 4.85. The van der Waals surface area contributed by atoms with Crippen molar-refractivity contribution in [3.63, 3.8) is 0 Å². The molecule has 88 valence electrons. The highest BCUT2D eigenvalue weighted by Crippen LogP contribution is 2.06. The number of carbonyl (C=O) groups is 2. The smallest absolute Gasteiger partial charge is 0.323 e. The van der Waals surface area contributed by atoms with Crippen LogP contribution in [0.4, 0.5) is 0 Å². The molecule has 0 spiro atoms. The SMILES string of the molecule is CCC(C)C(N)C(=O)OCCCC(=O)O. The maximum atomic E-state index is 11.3. The summed E-state index contributed by atoms with van der Waals surface area (Å²) in [4.78, 5) is 21.5.